The zero-order valence-corrected chi connectivity index (χ0v) is 12.0. The molecule has 7 heteroatoms. The number of imidazole rings is 1. The van der Waals surface area contributed by atoms with Crippen molar-refractivity contribution in [1.82, 2.24) is 19.7 Å². The lowest BCUT2D eigenvalue weighted by atomic mass is 10.3. The molecule has 7 nitrogen and oxygen atoms in total. The highest BCUT2D eigenvalue weighted by Crippen LogP contribution is 2.19. The first-order chi connectivity index (χ1) is 11.4. The Morgan fingerprint density at radius 2 is 2.22 bits per heavy atom. The maximum atomic E-state index is 5.71. The zero-order valence-electron chi connectivity index (χ0n) is 12.0. The van der Waals surface area contributed by atoms with Gasteiger partial charge in [0.1, 0.15) is 12.0 Å². The van der Waals surface area contributed by atoms with Gasteiger partial charge in [0.25, 0.3) is 5.89 Å². The van der Waals surface area contributed by atoms with Crippen LogP contribution in [0.1, 0.15) is 5.89 Å². The van der Waals surface area contributed by atoms with E-state index in [1.54, 1.807) is 31.1 Å². The number of furan rings is 1. The fourth-order valence-electron chi connectivity index (χ4n) is 2.11. The van der Waals surface area contributed by atoms with Gasteiger partial charge in [0.05, 0.1) is 23.8 Å². The molecule has 0 aliphatic heterocycles. The SMILES string of the molecule is c1cc(OCc2nc(-c3ccoc3)no2)cc(-n2ccnc2)c1. The number of ether oxygens (including phenoxy) is 1. The molecule has 1 aromatic carbocycles. The van der Waals surface area contributed by atoms with Crippen LogP contribution < -0.4 is 4.74 Å². The van der Waals surface area contributed by atoms with E-state index in [1.807, 2.05) is 35.0 Å². The predicted molar refractivity (Wildman–Crippen MR) is 79.9 cm³/mol. The highest BCUT2D eigenvalue weighted by Gasteiger charge is 2.10. The molecule has 0 unspecified atom stereocenters. The van der Waals surface area contributed by atoms with Gasteiger partial charge in [-0.3, -0.25) is 0 Å². The lowest BCUT2D eigenvalue weighted by Crippen LogP contribution is -1.97. The number of rotatable bonds is 5. The molecule has 4 rings (SSSR count). The molecule has 4 aromatic rings. The van der Waals surface area contributed by atoms with Gasteiger partial charge in [-0.2, -0.15) is 4.98 Å². The largest absolute Gasteiger partial charge is 0.484 e. The summed E-state index contributed by atoms with van der Waals surface area (Å²) in [6.07, 6.45) is 8.44. The second kappa shape index (κ2) is 5.80. The molecule has 0 spiro atoms. The van der Waals surface area contributed by atoms with Crippen LogP contribution in [0.15, 0.2) is 70.5 Å². The normalized spacial score (nSPS) is 10.8. The van der Waals surface area contributed by atoms with E-state index in [9.17, 15) is 0 Å². The van der Waals surface area contributed by atoms with E-state index in [1.165, 1.54) is 0 Å². The van der Waals surface area contributed by atoms with Gasteiger partial charge in [-0.25, -0.2) is 4.98 Å². The fraction of sp³-hybridized carbons (Fsp3) is 0.0625. The molecule has 3 aromatic heterocycles. The van der Waals surface area contributed by atoms with Crippen molar-refractivity contribution in [3.05, 3.63) is 67.5 Å². The summed E-state index contributed by atoms with van der Waals surface area (Å²) in [5.41, 5.74) is 1.73. The van der Waals surface area contributed by atoms with Crippen LogP contribution in [-0.2, 0) is 6.61 Å². The minimum atomic E-state index is 0.193. The molecule has 0 amide bonds. The van der Waals surface area contributed by atoms with Gasteiger partial charge >= 0.3 is 0 Å². The summed E-state index contributed by atoms with van der Waals surface area (Å²) < 4.78 is 17.8. The second-order valence-corrected chi connectivity index (χ2v) is 4.78. The second-order valence-electron chi connectivity index (χ2n) is 4.78. The Morgan fingerprint density at radius 1 is 1.22 bits per heavy atom. The van der Waals surface area contributed by atoms with E-state index < -0.39 is 0 Å². The Labute approximate surface area is 131 Å². The molecular weight excluding hydrogens is 296 g/mol. The van der Waals surface area contributed by atoms with E-state index >= 15 is 0 Å². The first kappa shape index (κ1) is 13.3. The Balaban J connectivity index is 1.46. The molecule has 0 saturated heterocycles. The summed E-state index contributed by atoms with van der Waals surface area (Å²) in [5.74, 6) is 1.58. The molecule has 0 aliphatic carbocycles. The molecule has 0 aliphatic rings. The van der Waals surface area contributed by atoms with E-state index in [2.05, 4.69) is 15.1 Å². The summed E-state index contributed by atoms with van der Waals surface area (Å²) in [5, 5.41) is 3.89. The van der Waals surface area contributed by atoms with Gasteiger partial charge in [-0.1, -0.05) is 11.2 Å². The molecule has 0 atom stereocenters. The highest BCUT2D eigenvalue weighted by atomic mass is 16.5. The number of hydrogen-bond donors (Lipinski definition) is 0. The molecular formula is C16H12N4O3. The molecule has 0 radical (unpaired) electrons. The van der Waals surface area contributed by atoms with Crippen LogP contribution in [0.25, 0.3) is 17.1 Å². The Morgan fingerprint density at radius 3 is 3.04 bits per heavy atom. The van der Waals surface area contributed by atoms with Crippen molar-refractivity contribution in [3.63, 3.8) is 0 Å². The quantitative estimate of drug-likeness (QED) is 0.563. The summed E-state index contributed by atoms with van der Waals surface area (Å²) in [6.45, 7) is 0.193. The van der Waals surface area contributed by atoms with Crippen LogP contribution in [0.4, 0.5) is 0 Å². The molecule has 0 fully saturated rings. The fourth-order valence-corrected chi connectivity index (χ4v) is 2.11. The van der Waals surface area contributed by atoms with Crippen LogP contribution in [0.5, 0.6) is 5.75 Å². The first-order valence-electron chi connectivity index (χ1n) is 6.95. The zero-order chi connectivity index (χ0) is 15.5. The van der Waals surface area contributed by atoms with Crippen molar-refractivity contribution in [2.45, 2.75) is 6.61 Å². The van der Waals surface area contributed by atoms with E-state index in [-0.39, 0.29) is 6.61 Å². The van der Waals surface area contributed by atoms with Crippen LogP contribution >= 0.6 is 0 Å². The molecule has 3 heterocycles. The van der Waals surface area contributed by atoms with Crippen molar-refractivity contribution in [2.24, 2.45) is 0 Å². The summed E-state index contributed by atoms with van der Waals surface area (Å²) in [4.78, 5) is 8.29. The monoisotopic (exact) mass is 308 g/mol. The van der Waals surface area contributed by atoms with Crippen LogP contribution in [0, 0.1) is 0 Å². The van der Waals surface area contributed by atoms with Crippen molar-refractivity contribution in [1.29, 1.82) is 0 Å². The predicted octanol–water partition coefficient (Wildman–Crippen LogP) is 3.09. The lowest BCUT2D eigenvalue weighted by molar-refractivity contribution is 0.243. The third kappa shape index (κ3) is 2.84. The molecule has 0 bridgehead atoms. The van der Waals surface area contributed by atoms with Gasteiger partial charge in [0.15, 0.2) is 6.61 Å². The number of benzene rings is 1. The maximum absolute atomic E-state index is 5.71. The van der Waals surface area contributed by atoms with Gasteiger partial charge in [-0.15, -0.1) is 0 Å². The number of aromatic nitrogens is 4. The minimum absolute atomic E-state index is 0.193. The van der Waals surface area contributed by atoms with Crippen molar-refractivity contribution in [3.8, 4) is 22.8 Å². The third-order valence-electron chi connectivity index (χ3n) is 3.23. The standard InChI is InChI=1S/C16H12N4O3/c1-2-13(20-6-5-17-11-20)8-14(3-1)22-10-15-18-16(19-23-15)12-4-7-21-9-12/h1-9,11H,10H2. The lowest BCUT2D eigenvalue weighted by Gasteiger charge is -2.06. The highest BCUT2D eigenvalue weighted by molar-refractivity contribution is 5.51. The van der Waals surface area contributed by atoms with Gasteiger partial charge in [-0.05, 0) is 18.2 Å². The van der Waals surface area contributed by atoms with Crippen molar-refractivity contribution in [2.75, 3.05) is 0 Å². The summed E-state index contributed by atoms with van der Waals surface area (Å²) >= 11 is 0. The number of nitrogens with zero attached hydrogens (tertiary/aromatic N) is 4. The third-order valence-corrected chi connectivity index (χ3v) is 3.23. The van der Waals surface area contributed by atoms with E-state index in [0.29, 0.717) is 17.5 Å². The first-order valence-corrected chi connectivity index (χ1v) is 6.95. The van der Waals surface area contributed by atoms with Crippen molar-refractivity contribution >= 4 is 0 Å². The van der Waals surface area contributed by atoms with E-state index in [4.69, 9.17) is 13.7 Å². The Kier molecular flexibility index (Phi) is 3.36. The van der Waals surface area contributed by atoms with Crippen molar-refractivity contribution < 1.29 is 13.7 Å². The average Bonchev–Trinajstić information content (AvgIpc) is 3.35. The average molecular weight is 308 g/mol. The molecule has 23 heavy (non-hydrogen) atoms. The van der Waals surface area contributed by atoms with Crippen LogP contribution in [0.3, 0.4) is 0 Å². The maximum Gasteiger partial charge on any atom is 0.264 e. The number of hydrogen-bond acceptors (Lipinski definition) is 6. The topological polar surface area (TPSA) is 79.1 Å². The Bertz CT molecular complexity index is 882. The summed E-state index contributed by atoms with van der Waals surface area (Å²) in [6, 6.07) is 9.43. The molecule has 0 saturated carbocycles. The van der Waals surface area contributed by atoms with Crippen LogP contribution in [0.2, 0.25) is 0 Å². The Hall–Kier alpha value is -3.35. The van der Waals surface area contributed by atoms with Gasteiger partial charge in [0, 0.05) is 18.5 Å². The van der Waals surface area contributed by atoms with Gasteiger partial charge in [0.2, 0.25) is 5.82 Å². The molecule has 0 N–H and O–H groups in total. The summed E-state index contributed by atoms with van der Waals surface area (Å²) in [7, 11) is 0. The smallest absolute Gasteiger partial charge is 0.264 e. The van der Waals surface area contributed by atoms with E-state index in [0.717, 1.165) is 11.3 Å². The minimum Gasteiger partial charge on any atom is -0.484 e. The van der Waals surface area contributed by atoms with Gasteiger partial charge < -0.3 is 18.2 Å². The molecule has 114 valence electrons. The van der Waals surface area contributed by atoms with Crippen LogP contribution in [-0.4, -0.2) is 19.7 Å².